The van der Waals surface area contributed by atoms with Gasteiger partial charge in [0.2, 0.25) is 0 Å². The molecule has 0 radical (unpaired) electrons. The van der Waals surface area contributed by atoms with Gasteiger partial charge in [0.05, 0.1) is 26.4 Å². The van der Waals surface area contributed by atoms with Crippen LogP contribution in [0.15, 0.2) is 12.1 Å². The minimum absolute atomic E-state index is 0.0471. The maximum Gasteiger partial charge on any atom is 0.146 e. The number of likely N-dealkylation sites (N-methyl/N-ethyl adjacent to an activating group) is 1. The van der Waals surface area contributed by atoms with Crippen LogP contribution in [0.3, 0.4) is 0 Å². The summed E-state index contributed by atoms with van der Waals surface area (Å²) in [5.74, 6) is 1.76. The molecule has 1 aliphatic heterocycles. The highest BCUT2D eigenvalue weighted by molar-refractivity contribution is 6.33. The van der Waals surface area contributed by atoms with Crippen molar-refractivity contribution in [3.05, 3.63) is 22.7 Å². The van der Waals surface area contributed by atoms with Crippen LogP contribution in [0.5, 0.6) is 11.5 Å². The second-order valence-electron chi connectivity index (χ2n) is 5.07. The number of rotatable bonds is 5. The van der Waals surface area contributed by atoms with Gasteiger partial charge in [0.1, 0.15) is 16.5 Å². The molecule has 1 saturated heterocycles. The van der Waals surface area contributed by atoms with E-state index in [1.807, 2.05) is 19.2 Å². The van der Waals surface area contributed by atoms with Crippen LogP contribution >= 0.6 is 11.6 Å². The minimum atomic E-state index is 0.0471. The first-order valence-corrected chi connectivity index (χ1v) is 7.21. The normalized spacial score (nSPS) is 23.6. The summed E-state index contributed by atoms with van der Waals surface area (Å²) < 4.78 is 16.6. The van der Waals surface area contributed by atoms with Crippen LogP contribution in [0.4, 0.5) is 0 Å². The van der Waals surface area contributed by atoms with Crippen LogP contribution in [-0.2, 0) is 4.74 Å². The summed E-state index contributed by atoms with van der Waals surface area (Å²) >= 11 is 6.34. The van der Waals surface area contributed by atoms with Crippen LogP contribution in [0, 0.1) is 5.92 Å². The monoisotopic (exact) mass is 299 g/mol. The molecule has 20 heavy (non-hydrogen) atoms. The van der Waals surface area contributed by atoms with Crippen molar-refractivity contribution in [2.24, 2.45) is 5.92 Å². The van der Waals surface area contributed by atoms with E-state index in [9.17, 15) is 0 Å². The zero-order valence-corrected chi connectivity index (χ0v) is 13.2. The van der Waals surface area contributed by atoms with E-state index < -0.39 is 0 Å². The van der Waals surface area contributed by atoms with E-state index >= 15 is 0 Å². The van der Waals surface area contributed by atoms with Gasteiger partial charge >= 0.3 is 0 Å². The quantitative estimate of drug-likeness (QED) is 0.907. The lowest BCUT2D eigenvalue weighted by Gasteiger charge is -2.28. The molecule has 0 amide bonds. The van der Waals surface area contributed by atoms with Crippen molar-refractivity contribution >= 4 is 11.6 Å². The fraction of sp³-hybridized carbons (Fsp3) is 0.600. The number of hydrogen-bond donors (Lipinski definition) is 1. The first kappa shape index (κ1) is 15.4. The molecule has 0 spiro atoms. The maximum absolute atomic E-state index is 6.34. The Labute approximate surface area is 125 Å². The van der Waals surface area contributed by atoms with Gasteiger partial charge in [-0.05, 0) is 31.5 Å². The largest absolute Gasteiger partial charge is 0.495 e. The molecule has 1 fully saturated rings. The molecule has 0 aromatic heterocycles. The van der Waals surface area contributed by atoms with Gasteiger partial charge in [-0.15, -0.1) is 0 Å². The Morgan fingerprint density at radius 3 is 2.60 bits per heavy atom. The first-order chi connectivity index (χ1) is 9.63. The van der Waals surface area contributed by atoms with Crippen LogP contribution in [0.2, 0.25) is 5.02 Å². The Kier molecular flexibility index (Phi) is 5.13. The maximum atomic E-state index is 6.34. The van der Waals surface area contributed by atoms with E-state index in [1.165, 1.54) is 0 Å². The molecule has 1 N–H and O–H groups in total. The van der Waals surface area contributed by atoms with Crippen LogP contribution in [0.1, 0.15) is 24.9 Å². The van der Waals surface area contributed by atoms with Gasteiger partial charge in [0.15, 0.2) is 0 Å². The fourth-order valence-corrected chi connectivity index (χ4v) is 3.13. The number of hydrogen-bond acceptors (Lipinski definition) is 4. The van der Waals surface area contributed by atoms with Crippen molar-refractivity contribution < 1.29 is 14.2 Å². The van der Waals surface area contributed by atoms with Crippen molar-refractivity contribution in [2.45, 2.75) is 25.5 Å². The van der Waals surface area contributed by atoms with Gasteiger partial charge in [-0.1, -0.05) is 18.5 Å². The molecule has 4 nitrogen and oxygen atoms in total. The summed E-state index contributed by atoms with van der Waals surface area (Å²) in [7, 11) is 5.14. The number of methoxy groups -OCH3 is 2. The van der Waals surface area contributed by atoms with E-state index in [0.29, 0.717) is 22.4 Å². The molecule has 3 unspecified atom stereocenters. The van der Waals surface area contributed by atoms with E-state index in [1.54, 1.807) is 14.2 Å². The standard InChI is InChI=1S/C15H22ClNO3/c1-9-7-8-20-14(9)13(17-2)10-5-6-11(18-3)12(16)15(10)19-4/h5-6,9,13-14,17H,7-8H2,1-4H3. The first-order valence-electron chi connectivity index (χ1n) is 6.83. The Morgan fingerprint density at radius 2 is 2.10 bits per heavy atom. The third kappa shape index (κ3) is 2.73. The topological polar surface area (TPSA) is 39.7 Å². The predicted molar refractivity (Wildman–Crippen MR) is 79.9 cm³/mol. The molecule has 2 rings (SSSR count). The highest BCUT2D eigenvalue weighted by atomic mass is 35.5. The second-order valence-corrected chi connectivity index (χ2v) is 5.45. The Morgan fingerprint density at radius 1 is 1.35 bits per heavy atom. The number of ether oxygens (including phenoxy) is 3. The second kappa shape index (κ2) is 6.66. The van der Waals surface area contributed by atoms with Gasteiger partial charge in [-0.3, -0.25) is 0 Å². The highest BCUT2D eigenvalue weighted by Crippen LogP contribution is 2.42. The smallest absolute Gasteiger partial charge is 0.146 e. The molecule has 0 saturated carbocycles. The number of halogens is 1. The summed E-state index contributed by atoms with van der Waals surface area (Å²) in [6.45, 7) is 3.01. The predicted octanol–water partition coefficient (Wildman–Crippen LogP) is 3.04. The summed E-state index contributed by atoms with van der Waals surface area (Å²) in [5, 5.41) is 3.82. The van der Waals surface area contributed by atoms with Gasteiger partial charge < -0.3 is 19.5 Å². The zero-order chi connectivity index (χ0) is 14.7. The van der Waals surface area contributed by atoms with E-state index in [-0.39, 0.29) is 12.1 Å². The van der Waals surface area contributed by atoms with Gasteiger partial charge in [0.25, 0.3) is 0 Å². The molecule has 5 heteroatoms. The Balaban J connectivity index is 2.41. The van der Waals surface area contributed by atoms with Gasteiger partial charge in [-0.2, -0.15) is 0 Å². The average molecular weight is 300 g/mol. The third-order valence-electron chi connectivity index (χ3n) is 3.94. The molecular formula is C15H22ClNO3. The van der Waals surface area contributed by atoms with Crippen molar-refractivity contribution in [1.82, 2.24) is 5.32 Å². The van der Waals surface area contributed by atoms with Crippen LogP contribution in [-0.4, -0.2) is 34.0 Å². The molecule has 112 valence electrons. The minimum Gasteiger partial charge on any atom is -0.495 e. The summed E-state index contributed by atoms with van der Waals surface area (Å²) in [5.41, 5.74) is 1.000. The zero-order valence-electron chi connectivity index (χ0n) is 12.4. The summed E-state index contributed by atoms with van der Waals surface area (Å²) in [4.78, 5) is 0. The molecular weight excluding hydrogens is 278 g/mol. The molecule has 0 bridgehead atoms. The highest BCUT2D eigenvalue weighted by Gasteiger charge is 2.34. The van der Waals surface area contributed by atoms with Crippen LogP contribution < -0.4 is 14.8 Å². The number of benzene rings is 1. The Hall–Kier alpha value is -0.970. The lowest BCUT2D eigenvalue weighted by atomic mass is 9.92. The number of nitrogens with one attached hydrogen (secondary N) is 1. The van der Waals surface area contributed by atoms with Crippen molar-refractivity contribution in [3.8, 4) is 11.5 Å². The molecule has 1 aliphatic rings. The summed E-state index contributed by atoms with van der Waals surface area (Å²) in [6, 6.07) is 3.90. The van der Waals surface area contributed by atoms with Crippen LogP contribution in [0.25, 0.3) is 0 Å². The Bertz CT molecular complexity index is 467. The molecule has 1 heterocycles. The van der Waals surface area contributed by atoms with Crippen molar-refractivity contribution in [2.75, 3.05) is 27.9 Å². The molecule has 1 aromatic rings. The third-order valence-corrected chi connectivity index (χ3v) is 4.29. The van der Waals surface area contributed by atoms with Gasteiger partial charge in [-0.25, -0.2) is 0 Å². The molecule has 0 aliphatic carbocycles. The van der Waals surface area contributed by atoms with E-state index in [2.05, 4.69) is 12.2 Å². The molecule has 3 atom stereocenters. The van der Waals surface area contributed by atoms with Crippen molar-refractivity contribution in [3.63, 3.8) is 0 Å². The van der Waals surface area contributed by atoms with Crippen molar-refractivity contribution in [1.29, 1.82) is 0 Å². The lowest BCUT2D eigenvalue weighted by molar-refractivity contribution is 0.0623. The summed E-state index contributed by atoms with van der Waals surface area (Å²) in [6.07, 6.45) is 1.20. The van der Waals surface area contributed by atoms with E-state index in [0.717, 1.165) is 18.6 Å². The van der Waals surface area contributed by atoms with Gasteiger partial charge in [0, 0.05) is 12.2 Å². The SMILES string of the molecule is CNC(c1ccc(OC)c(Cl)c1OC)C1OCCC1C. The average Bonchev–Trinajstić information content (AvgIpc) is 2.86. The van der Waals surface area contributed by atoms with E-state index in [4.69, 9.17) is 25.8 Å². The lowest BCUT2D eigenvalue weighted by Crippen LogP contribution is -2.32. The fourth-order valence-electron chi connectivity index (χ4n) is 2.80. The molecule has 1 aromatic carbocycles.